The lowest BCUT2D eigenvalue weighted by molar-refractivity contribution is -0.459. The highest BCUT2D eigenvalue weighted by Gasteiger charge is 2.25. The van der Waals surface area contributed by atoms with E-state index in [-0.39, 0.29) is 18.1 Å². The van der Waals surface area contributed by atoms with Gasteiger partial charge in [-0.15, -0.1) is 0 Å². The second kappa shape index (κ2) is 17.5. The molecule has 0 aliphatic heterocycles. The smallest absolute Gasteiger partial charge is 0.338 e. The molecule has 2 unspecified atom stereocenters. The molecular formula is C27H40N4O10S. The zero-order chi connectivity index (χ0) is 31.8. The van der Waals surface area contributed by atoms with Crippen LogP contribution in [0.3, 0.4) is 0 Å². The molecule has 0 saturated carbocycles. The number of guanidine groups is 1. The number of carboxylic acids is 2. The number of carbonyl (C=O) groups is 2. The van der Waals surface area contributed by atoms with Crippen molar-refractivity contribution in [3.05, 3.63) is 48.5 Å². The predicted octanol–water partition coefficient (Wildman–Crippen LogP) is -1.30. The second-order valence-electron chi connectivity index (χ2n) is 9.22. The Morgan fingerprint density at radius 2 is 1.43 bits per heavy atom. The van der Waals surface area contributed by atoms with E-state index in [1.807, 2.05) is 0 Å². The quantitative estimate of drug-likeness (QED) is 0.0605. The summed E-state index contributed by atoms with van der Waals surface area (Å²) < 4.78 is 43.6. The van der Waals surface area contributed by atoms with Crippen molar-refractivity contribution in [2.45, 2.75) is 51.2 Å². The van der Waals surface area contributed by atoms with Crippen LogP contribution in [0.1, 0.15) is 39.5 Å². The summed E-state index contributed by atoms with van der Waals surface area (Å²) in [6, 6.07) is 12.1. The van der Waals surface area contributed by atoms with Gasteiger partial charge in [-0.1, -0.05) is 6.92 Å². The van der Waals surface area contributed by atoms with Crippen molar-refractivity contribution >= 4 is 28.0 Å². The van der Waals surface area contributed by atoms with Gasteiger partial charge in [0.05, 0.1) is 32.0 Å². The Kier molecular flexibility index (Phi) is 15.0. The van der Waals surface area contributed by atoms with Crippen LogP contribution in [-0.4, -0.2) is 69.1 Å². The van der Waals surface area contributed by atoms with Crippen LogP contribution in [0, 0.1) is 0 Å². The van der Waals surface area contributed by atoms with Crippen molar-refractivity contribution in [2.75, 3.05) is 26.0 Å². The maximum atomic E-state index is 11.2. The van der Waals surface area contributed by atoms with Crippen molar-refractivity contribution in [1.82, 2.24) is 0 Å². The van der Waals surface area contributed by atoms with Crippen LogP contribution in [-0.2, 0) is 19.7 Å². The lowest BCUT2D eigenvalue weighted by Gasteiger charge is -2.30. The molecule has 0 fully saturated rings. The SMILES string of the molecule is CCC(C)(Oc1ccc(OCCCOc2ccc(OS(C)(=O)=O)cc2)cc1)C(=O)[O-].NC(N)=[NH+]CCCC(N)C(=O)O. The van der Waals surface area contributed by atoms with Crippen LogP contribution in [0.25, 0.3) is 0 Å². The van der Waals surface area contributed by atoms with E-state index in [1.165, 1.54) is 19.1 Å². The van der Waals surface area contributed by atoms with Crippen molar-refractivity contribution < 1.29 is 51.6 Å². The lowest BCUT2D eigenvalue weighted by Crippen LogP contribution is -2.78. The van der Waals surface area contributed by atoms with E-state index in [1.54, 1.807) is 43.3 Å². The first-order chi connectivity index (χ1) is 19.6. The molecular weight excluding hydrogens is 572 g/mol. The molecule has 2 rings (SSSR count). The van der Waals surface area contributed by atoms with E-state index in [9.17, 15) is 23.1 Å². The van der Waals surface area contributed by atoms with Gasteiger partial charge in [-0.2, -0.15) is 8.42 Å². The molecule has 234 valence electrons. The van der Waals surface area contributed by atoms with E-state index in [0.29, 0.717) is 56.3 Å². The van der Waals surface area contributed by atoms with Gasteiger partial charge in [0.1, 0.15) is 34.6 Å². The van der Waals surface area contributed by atoms with Gasteiger partial charge < -0.3 is 39.1 Å². The molecule has 0 spiro atoms. The summed E-state index contributed by atoms with van der Waals surface area (Å²) in [7, 11) is -3.55. The fraction of sp³-hybridized carbons (Fsp3) is 0.444. The van der Waals surface area contributed by atoms with Gasteiger partial charge in [0.15, 0.2) is 0 Å². The van der Waals surface area contributed by atoms with Crippen LogP contribution in [0.2, 0.25) is 0 Å². The Hall–Kier alpha value is -4.24. The predicted molar refractivity (Wildman–Crippen MR) is 152 cm³/mol. The number of rotatable bonds is 17. The molecule has 0 bridgehead atoms. The van der Waals surface area contributed by atoms with Crippen molar-refractivity contribution in [3.63, 3.8) is 0 Å². The fourth-order valence-corrected chi connectivity index (χ4v) is 3.47. The number of carboxylic acid groups (broad SMARTS) is 2. The van der Waals surface area contributed by atoms with Crippen molar-refractivity contribution in [2.24, 2.45) is 17.2 Å². The minimum atomic E-state index is -3.55. The zero-order valence-electron chi connectivity index (χ0n) is 23.9. The Labute approximate surface area is 245 Å². The minimum Gasteiger partial charge on any atom is -0.546 e. The van der Waals surface area contributed by atoms with E-state index in [0.717, 1.165) is 6.26 Å². The van der Waals surface area contributed by atoms with Gasteiger partial charge >= 0.3 is 22.0 Å². The number of benzene rings is 2. The first-order valence-corrected chi connectivity index (χ1v) is 14.8. The highest BCUT2D eigenvalue weighted by Crippen LogP contribution is 2.24. The van der Waals surface area contributed by atoms with Crippen LogP contribution in [0.15, 0.2) is 48.5 Å². The third kappa shape index (κ3) is 14.9. The van der Waals surface area contributed by atoms with Gasteiger partial charge in [0, 0.05) is 6.42 Å². The first-order valence-electron chi connectivity index (χ1n) is 13.0. The molecule has 14 nitrogen and oxygen atoms in total. The fourth-order valence-electron chi connectivity index (χ4n) is 3.01. The first kappa shape index (κ1) is 35.8. The van der Waals surface area contributed by atoms with Crippen LogP contribution in [0.4, 0.5) is 0 Å². The molecule has 0 aromatic heterocycles. The molecule has 0 saturated heterocycles. The van der Waals surface area contributed by atoms with E-state index in [4.69, 9.17) is 40.7 Å². The molecule has 8 N–H and O–H groups in total. The molecule has 15 heteroatoms. The summed E-state index contributed by atoms with van der Waals surface area (Å²) in [4.78, 5) is 24.1. The van der Waals surface area contributed by atoms with Crippen LogP contribution >= 0.6 is 0 Å². The number of hydrogen-bond acceptors (Lipinski definition) is 10. The van der Waals surface area contributed by atoms with Gasteiger partial charge in [-0.3, -0.25) is 21.3 Å². The molecule has 0 radical (unpaired) electrons. The summed E-state index contributed by atoms with van der Waals surface area (Å²) in [5, 5.41) is 19.6. The second-order valence-corrected chi connectivity index (χ2v) is 10.8. The lowest BCUT2D eigenvalue weighted by atomic mass is 10.0. The van der Waals surface area contributed by atoms with Crippen molar-refractivity contribution in [1.29, 1.82) is 0 Å². The molecule has 2 atom stereocenters. The topological polar surface area (TPSA) is 241 Å². The normalized spacial score (nSPS) is 12.9. The number of nitrogens with one attached hydrogen (secondary N) is 1. The molecule has 42 heavy (non-hydrogen) atoms. The third-order valence-electron chi connectivity index (χ3n) is 5.51. The number of nitrogens with two attached hydrogens (primary N) is 3. The average molecular weight is 613 g/mol. The maximum absolute atomic E-state index is 11.2. The zero-order valence-corrected chi connectivity index (χ0v) is 24.7. The highest BCUT2D eigenvalue weighted by molar-refractivity contribution is 7.86. The summed E-state index contributed by atoms with van der Waals surface area (Å²) in [5.74, 6) is -0.260. The Balaban J connectivity index is 0.000000619. The minimum absolute atomic E-state index is 0.138. The number of aliphatic carboxylic acids is 2. The molecule has 0 amide bonds. The van der Waals surface area contributed by atoms with Gasteiger partial charge in [0.25, 0.3) is 0 Å². The van der Waals surface area contributed by atoms with Crippen LogP contribution in [0.5, 0.6) is 23.0 Å². The average Bonchev–Trinajstić information content (AvgIpc) is 2.91. The summed E-state index contributed by atoms with van der Waals surface area (Å²) in [6.07, 6.45) is 2.92. The number of hydrogen-bond donors (Lipinski definition) is 5. The number of ether oxygens (including phenoxy) is 3. The van der Waals surface area contributed by atoms with E-state index in [2.05, 4.69) is 4.99 Å². The third-order valence-corrected chi connectivity index (χ3v) is 6.00. The molecule has 0 heterocycles. The van der Waals surface area contributed by atoms with Gasteiger partial charge in [-0.05, 0) is 74.7 Å². The Bertz CT molecular complexity index is 1250. The van der Waals surface area contributed by atoms with Crippen LogP contribution < -0.4 is 45.7 Å². The summed E-state index contributed by atoms with van der Waals surface area (Å²) in [6.45, 7) is 4.56. The standard InChI is InChI=1S/C21H26O8S.C6H14N4O2/c1-4-21(2,20(22)23)28-18-10-6-16(7-11-18)26-14-5-15-27-17-8-12-19(13-9-17)29-30(3,24)25;7-4(5(11)12)2-1-3-10-6(8)9/h6-13H,4-5,14-15H2,1-3H3,(H,22,23);4H,1-3,7H2,(H,11,12)(H4,8,9,10). The summed E-state index contributed by atoms with van der Waals surface area (Å²) in [5.41, 5.74) is 14.1. The largest absolute Gasteiger partial charge is 0.546 e. The Morgan fingerprint density at radius 1 is 0.952 bits per heavy atom. The van der Waals surface area contributed by atoms with E-state index >= 15 is 0 Å². The number of carbonyl (C=O) groups excluding carboxylic acids is 1. The van der Waals surface area contributed by atoms with E-state index < -0.39 is 33.7 Å². The Morgan fingerprint density at radius 3 is 1.83 bits per heavy atom. The molecule has 2 aromatic rings. The molecule has 0 aliphatic rings. The van der Waals surface area contributed by atoms with Gasteiger partial charge in [0.2, 0.25) is 0 Å². The summed E-state index contributed by atoms with van der Waals surface area (Å²) >= 11 is 0. The molecule has 2 aromatic carbocycles. The van der Waals surface area contributed by atoms with Crippen molar-refractivity contribution in [3.8, 4) is 23.0 Å². The monoisotopic (exact) mass is 612 g/mol. The molecule has 0 aliphatic carbocycles. The van der Waals surface area contributed by atoms with Gasteiger partial charge in [-0.25, -0.2) is 0 Å². The maximum Gasteiger partial charge on any atom is 0.338 e. The highest BCUT2D eigenvalue weighted by atomic mass is 32.2.